The Labute approximate surface area is 234 Å². The van der Waals surface area contributed by atoms with Crippen molar-refractivity contribution < 1.29 is 22.7 Å². The highest BCUT2D eigenvalue weighted by molar-refractivity contribution is 7.89. The Morgan fingerprint density at radius 3 is 2.27 bits per heavy atom. The monoisotopic (exact) mass is 557 g/mol. The molecule has 0 fully saturated rings. The zero-order valence-electron chi connectivity index (χ0n) is 22.6. The number of hydrogen-bond donors (Lipinski definition) is 1. The molecule has 0 aliphatic rings. The lowest BCUT2D eigenvalue weighted by Crippen LogP contribution is -2.26. The highest BCUT2D eigenvalue weighted by Gasteiger charge is 2.20. The Balaban J connectivity index is 1.34. The summed E-state index contributed by atoms with van der Waals surface area (Å²) in [5.41, 5.74) is 6.40. The number of carbonyl (C=O) groups is 1. The van der Waals surface area contributed by atoms with Crippen molar-refractivity contribution in [1.29, 1.82) is 0 Å². The summed E-state index contributed by atoms with van der Waals surface area (Å²) in [6.45, 7) is 2.46. The van der Waals surface area contributed by atoms with E-state index in [0.29, 0.717) is 23.7 Å². The summed E-state index contributed by atoms with van der Waals surface area (Å²) < 4.78 is 38.3. The minimum absolute atomic E-state index is 0.169. The summed E-state index contributed by atoms with van der Waals surface area (Å²) in [6.07, 6.45) is 1.52. The van der Waals surface area contributed by atoms with Crippen LogP contribution in [0, 0.1) is 6.92 Å². The van der Waals surface area contributed by atoms with Gasteiger partial charge in [-0.1, -0.05) is 60.2 Å². The molecule has 4 aromatic rings. The number of carbonyl (C=O) groups excluding carboxylic acids is 1. The maximum Gasteiger partial charge on any atom is 0.271 e. The Hall–Kier alpha value is -4.47. The maximum atomic E-state index is 12.8. The molecule has 4 rings (SSSR count). The molecule has 0 spiro atoms. The van der Waals surface area contributed by atoms with E-state index >= 15 is 0 Å². The van der Waals surface area contributed by atoms with Crippen LogP contribution in [0.1, 0.15) is 32.6 Å². The molecule has 0 saturated heterocycles. The lowest BCUT2D eigenvalue weighted by molar-refractivity contribution is 0.0955. The number of amides is 1. The Bertz CT molecular complexity index is 1570. The number of sulfonamides is 1. The number of benzene rings is 4. The largest absolute Gasteiger partial charge is 0.493 e. The molecular weight excluding hydrogens is 526 g/mol. The maximum absolute atomic E-state index is 12.8. The van der Waals surface area contributed by atoms with E-state index < -0.39 is 15.9 Å². The Morgan fingerprint density at radius 1 is 0.900 bits per heavy atom. The van der Waals surface area contributed by atoms with Gasteiger partial charge in [-0.3, -0.25) is 4.79 Å². The standard InChI is InChI=1S/C31H31N3O5S/c1-23-9-16-28(17-10-23)40(36,37)34(2)21-24-11-14-27(15-12-24)31(35)33-32-20-26-13-18-29(38-3)30(19-26)39-22-25-7-5-4-6-8-25/h4-20H,21-22H2,1-3H3,(H,33,35). The second kappa shape index (κ2) is 13.1. The first-order valence-corrected chi connectivity index (χ1v) is 14.0. The highest BCUT2D eigenvalue weighted by Crippen LogP contribution is 2.28. The third-order valence-electron chi connectivity index (χ3n) is 6.16. The second-order valence-electron chi connectivity index (χ2n) is 9.15. The van der Waals surface area contributed by atoms with Gasteiger partial charge in [0.15, 0.2) is 11.5 Å². The molecule has 0 aliphatic heterocycles. The number of hydrogen-bond acceptors (Lipinski definition) is 6. The molecule has 0 aromatic heterocycles. The topological polar surface area (TPSA) is 97.3 Å². The van der Waals surface area contributed by atoms with Crippen LogP contribution < -0.4 is 14.9 Å². The van der Waals surface area contributed by atoms with Crippen molar-refractivity contribution in [3.63, 3.8) is 0 Å². The van der Waals surface area contributed by atoms with E-state index in [1.54, 1.807) is 73.8 Å². The smallest absolute Gasteiger partial charge is 0.271 e. The molecule has 0 heterocycles. The zero-order chi connectivity index (χ0) is 28.5. The zero-order valence-corrected chi connectivity index (χ0v) is 23.4. The number of rotatable bonds is 11. The van der Waals surface area contributed by atoms with Crippen LogP contribution in [0.3, 0.4) is 0 Å². The van der Waals surface area contributed by atoms with Gasteiger partial charge in [0.05, 0.1) is 18.2 Å². The first kappa shape index (κ1) is 28.5. The van der Waals surface area contributed by atoms with Gasteiger partial charge in [0.1, 0.15) is 6.61 Å². The molecule has 4 aromatic carbocycles. The van der Waals surface area contributed by atoms with Gasteiger partial charge in [0, 0.05) is 19.2 Å². The van der Waals surface area contributed by atoms with Gasteiger partial charge in [0.25, 0.3) is 5.91 Å². The molecule has 0 saturated carbocycles. The number of ether oxygens (including phenoxy) is 2. The van der Waals surface area contributed by atoms with Gasteiger partial charge in [0.2, 0.25) is 10.0 Å². The number of nitrogens with one attached hydrogen (secondary N) is 1. The van der Waals surface area contributed by atoms with Crippen LogP contribution in [0.15, 0.2) is 107 Å². The van der Waals surface area contributed by atoms with Crippen molar-refractivity contribution in [2.45, 2.75) is 25.0 Å². The Kier molecular flexibility index (Phi) is 9.31. The predicted molar refractivity (Wildman–Crippen MR) is 155 cm³/mol. The molecule has 206 valence electrons. The molecule has 9 heteroatoms. The van der Waals surface area contributed by atoms with Crippen LogP contribution in [0.4, 0.5) is 0 Å². The SMILES string of the molecule is COc1ccc(C=NNC(=O)c2ccc(CN(C)S(=O)(=O)c3ccc(C)cc3)cc2)cc1OCc1ccccc1. The second-order valence-corrected chi connectivity index (χ2v) is 11.2. The molecule has 1 N–H and O–H groups in total. The van der Waals surface area contributed by atoms with Crippen molar-refractivity contribution in [3.05, 3.63) is 125 Å². The third-order valence-corrected chi connectivity index (χ3v) is 7.97. The molecule has 0 atom stereocenters. The van der Waals surface area contributed by atoms with E-state index in [-0.39, 0.29) is 11.4 Å². The molecule has 1 amide bonds. The molecule has 40 heavy (non-hydrogen) atoms. The van der Waals surface area contributed by atoms with Crippen LogP contribution in [-0.4, -0.2) is 39.0 Å². The van der Waals surface area contributed by atoms with Crippen molar-refractivity contribution in [2.75, 3.05) is 14.2 Å². The van der Waals surface area contributed by atoms with E-state index in [2.05, 4.69) is 10.5 Å². The van der Waals surface area contributed by atoms with Crippen molar-refractivity contribution in [1.82, 2.24) is 9.73 Å². The predicted octanol–water partition coefficient (Wildman–Crippen LogP) is 5.17. The average Bonchev–Trinajstić information content (AvgIpc) is 2.97. The molecule has 8 nitrogen and oxygen atoms in total. The fourth-order valence-corrected chi connectivity index (χ4v) is 5.00. The summed E-state index contributed by atoms with van der Waals surface area (Å²) in [4.78, 5) is 12.8. The molecule has 0 aliphatic carbocycles. The van der Waals surface area contributed by atoms with Gasteiger partial charge < -0.3 is 9.47 Å². The average molecular weight is 558 g/mol. The van der Waals surface area contributed by atoms with Gasteiger partial charge in [-0.25, -0.2) is 13.8 Å². The fourth-order valence-electron chi connectivity index (χ4n) is 3.85. The summed E-state index contributed by atoms with van der Waals surface area (Å²) in [5.74, 6) is 0.763. The normalized spacial score (nSPS) is 11.5. The van der Waals surface area contributed by atoms with Gasteiger partial charge >= 0.3 is 0 Å². The summed E-state index contributed by atoms with van der Waals surface area (Å²) >= 11 is 0. The lowest BCUT2D eigenvalue weighted by Gasteiger charge is -2.17. The third kappa shape index (κ3) is 7.34. The van der Waals surface area contributed by atoms with Gasteiger partial charge in [-0.2, -0.15) is 9.41 Å². The van der Waals surface area contributed by atoms with Crippen molar-refractivity contribution in [3.8, 4) is 11.5 Å². The van der Waals surface area contributed by atoms with Crippen LogP contribution in [0.25, 0.3) is 0 Å². The summed E-state index contributed by atoms with van der Waals surface area (Å²) in [6, 6.07) is 28.6. The van der Waals surface area contributed by atoms with E-state index in [4.69, 9.17) is 9.47 Å². The van der Waals surface area contributed by atoms with E-state index in [0.717, 1.165) is 22.3 Å². The quantitative estimate of drug-likeness (QED) is 0.203. The lowest BCUT2D eigenvalue weighted by atomic mass is 10.1. The van der Waals surface area contributed by atoms with Crippen LogP contribution in [0.2, 0.25) is 0 Å². The van der Waals surface area contributed by atoms with Crippen LogP contribution in [0.5, 0.6) is 11.5 Å². The van der Waals surface area contributed by atoms with Crippen LogP contribution in [-0.2, 0) is 23.2 Å². The van der Waals surface area contributed by atoms with Crippen molar-refractivity contribution in [2.24, 2.45) is 5.10 Å². The van der Waals surface area contributed by atoms with E-state index in [1.165, 1.54) is 17.6 Å². The summed E-state index contributed by atoms with van der Waals surface area (Å²) in [7, 11) is -0.522. The number of aryl methyl sites for hydroxylation is 1. The highest BCUT2D eigenvalue weighted by atomic mass is 32.2. The van der Waals surface area contributed by atoms with E-state index in [1.807, 2.05) is 37.3 Å². The first-order chi connectivity index (χ1) is 19.3. The van der Waals surface area contributed by atoms with Gasteiger partial charge in [-0.15, -0.1) is 0 Å². The number of hydrazone groups is 1. The minimum atomic E-state index is -3.63. The number of methoxy groups -OCH3 is 1. The molecular formula is C31H31N3O5S. The summed E-state index contributed by atoms with van der Waals surface area (Å²) in [5, 5.41) is 4.07. The van der Waals surface area contributed by atoms with Gasteiger partial charge in [-0.05, 0) is 66.1 Å². The van der Waals surface area contributed by atoms with Crippen molar-refractivity contribution >= 4 is 22.1 Å². The molecule has 0 unspecified atom stereocenters. The molecule has 0 bridgehead atoms. The number of nitrogens with zero attached hydrogens (tertiary/aromatic N) is 2. The fraction of sp³-hybridized carbons (Fsp3) is 0.161. The van der Waals surface area contributed by atoms with Crippen LogP contribution >= 0.6 is 0 Å². The molecule has 0 radical (unpaired) electrons. The minimum Gasteiger partial charge on any atom is -0.493 e. The van der Waals surface area contributed by atoms with E-state index in [9.17, 15) is 13.2 Å². The Morgan fingerprint density at radius 2 is 1.60 bits per heavy atom. The first-order valence-electron chi connectivity index (χ1n) is 12.6.